The Morgan fingerprint density at radius 1 is 0.615 bits per heavy atom. The van der Waals surface area contributed by atoms with Gasteiger partial charge in [0.2, 0.25) is 0 Å². The van der Waals surface area contributed by atoms with Gasteiger partial charge in [0.05, 0.1) is 9.79 Å². The Kier molecular flexibility index (Phi) is 5.77. The van der Waals surface area contributed by atoms with Crippen LogP contribution in [0.5, 0.6) is 0 Å². The van der Waals surface area contributed by atoms with E-state index in [1.165, 1.54) is 5.56 Å². The summed E-state index contributed by atoms with van der Waals surface area (Å²) in [5, 5.41) is 0. The summed E-state index contributed by atoms with van der Waals surface area (Å²) in [5.41, 5.74) is 0.910. The third kappa shape index (κ3) is 3.53. The Balaban J connectivity index is 1.39. The molecule has 0 amide bonds. The average molecular weight is 559 g/mol. The molecule has 0 heterocycles. The molecule has 202 valence electrons. The van der Waals surface area contributed by atoms with E-state index in [4.69, 9.17) is 0 Å². The molecule has 7 rings (SSSR count). The van der Waals surface area contributed by atoms with Crippen molar-refractivity contribution in [3.8, 4) is 0 Å². The van der Waals surface area contributed by atoms with E-state index < -0.39 is 23.8 Å². The van der Waals surface area contributed by atoms with E-state index >= 15 is 0 Å². The molecule has 39 heavy (non-hydrogen) atoms. The molecule has 4 aliphatic carbocycles. The third-order valence-electron chi connectivity index (χ3n) is 10.4. The van der Waals surface area contributed by atoms with Gasteiger partial charge >= 0.3 is 0 Å². The van der Waals surface area contributed by atoms with Crippen molar-refractivity contribution < 1.29 is 16.8 Å². The van der Waals surface area contributed by atoms with Crippen LogP contribution in [0.1, 0.15) is 50.0 Å². The van der Waals surface area contributed by atoms with Gasteiger partial charge in [0.25, 0.3) is 0 Å². The van der Waals surface area contributed by atoms with Gasteiger partial charge < -0.3 is 0 Å². The lowest BCUT2D eigenvalue weighted by molar-refractivity contribution is 0.353. The van der Waals surface area contributed by atoms with Crippen LogP contribution in [0.25, 0.3) is 0 Å². The highest BCUT2D eigenvalue weighted by Crippen LogP contribution is 2.86. The Hall–Kier alpha value is -2.70. The summed E-state index contributed by atoms with van der Waals surface area (Å²) < 4.78 is 56.5. The van der Waals surface area contributed by atoms with E-state index in [0.717, 1.165) is 25.7 Å². The normalized spacial score (nSPS) is 33.7. The van der Waals surface area contributed by atoms with Crippen LogP contribution in [-0.4, -0.2) is 20.9 Å². The molecule has 4 nitrogen and oxygen atoms in total. The van der Waals surface area contributed by atoms with Crippen LogP contribution in [-0.2, 0) is 19.7 Å². The van der Waals surface area contributed by atoms with Crippen molar-refractivity contribution in [2.45, 2.75) is 58.3 Å². The monoisotopic (exact) mass is 558 g/mol. The average Bonchev–Trinajstić information content (AvgIpc) is 3.76. The molecule has 3 aromatic rings. The highest BCUT2D eigenvalue weighted by Gasteiger charge is 2.84. The first-order valence-corrected chi connectivity index (χ1v) is 17.1. The lowest BCUT2D eigenvalue weighted by atomic mass is 9.87. The van der Waals surface area contributed by atoms with Gasteiger partial charge in [0.15, 0.2) is 23.8 Å². The van der Waals surface area contributed by atoms with Crippen LogP contribution >= 0.6 is 0 Å². The molecule has 3 fully saturated rings. The van der Waals surface area contributed by atoms with Crippen LogP contribution < -0.4 is 0 Å². The summed E-state index contributed by atoms with van der Waals surface area (Å²) in [5.74, 6) is 1.69. The first-order chi connectivity index (χ1) is 18.8. The molecular formula is C33H34O4S2. The summed E-state index contributed by atoms with van der Waals surface area (Å²) in [6.45, 7) is 0. The van der Waals surface area contributed by atoms with Crippen LogP contribution in [0.2, 0.25) is 0 Å². The Morgan fingerprint density at radius 2 is 1.08 bits per heavy atom. The van der Waals surface area contributed by atoms with Gasteiger partial charge in [-0.3, -0.25) is 0 Å². The molecule has 0 radical (unpaired) electrons. The highest BCUT2D eigenvalue weighted by atomic mass is 32.3. The van der Waals surface area contributed by atoms with Crippen molar-refractivity contribution in [3.63, 3.8) is 0 Å². The number of allylic oxidation sites excluding steroid dienone is 2. The van der Waals surface area contributed by atoms with Crippen LogP contribution in [0, 0.1) is 29.1 Å². The first kappa shape index (κ1) is 25.3. The number of rotatable bonds is 6. The van der Waals surface area contributed by atoms with Crippen molar-refractivity contribution >= 4 is 19.7 Å². The predicted molar refractivity (Wildman–Crippen MR) is 152 cm³/mol. The van der Waals surface area contributed by atoms with E-state index in [1.807, 2.05) is 18.2 Å². The van der Waals surface area contributed by atoms with E-state index in [2.05, 4.69) is 24.3 Å². The molecule has 0 bridgehead atoms. The van der Waals surface area contributed by atoms with Crippen molar-refractivity contribution in [1.29, 1.82) is 0 Å². The fraction of sp³-hybridized carbons (Fsp3) is 0.394. The predicted octanol–water partition coefficient (Wildman–Crippen LogP) is 6.82. The summed E-state index contributed by atoms with van der Waals surface area (Å²) in [7, 11) is -8.41. The molecule has 4 aliphatic rings. The second-order valence-corrected chi connectivity index (χ2v) is 16.8. The van der Waals surface area contributed by atoms with Gasteiger partial charge in [-0.1, -0.05) is 78.9 Å². The topological polar surface area (TPSA) is 68.3 Å². The Labute approximate surface area is 232 Å². The van der Waals surface area contributed by atoms with Gasteiger partial charge in [-0.05, 0) is 103 Å². The molecule has 0 N–H and O–H groups in total. The zero-order chi connectivity index (χ0) is 26.9. The maximum Gasteiger partial charge on any atom is 0.198 e. The van der Waals surface area contributed by atoms with Gasteiger partial charge in [0, 0.05) is 0 Å². The van der Waals surface area contributed by atoms with Crippen LogP contribution in [0.4, 0.5) is 0 Å². The number of hydrogen-bond acceptors (Lipinski definition) is 4. The molecule has 0 saturated heterocycles. The minimum Gasteiger partial charge on any atom is -0.222 e. The molecule has 3 saturated carbocycles. The fourth-order valence-electron chi connectivity index (χ4n) is 8.76. The molecule has 6 heteroatoms. The number of fused-ring (bicyclic) bond motifs is 2. The fourth-order valence-corrected chi connectivity index (χ4v) is 14.1. The standard InChI is InChI=1S/C33H34O4S2/c34-38(35,25-16-8-4-9-17-25)32(39(36,37)26-18-10-5-11-19-26)22-29-30(24-14-6-3-7-15-24)33(29,23-32)31-27-20-12-1-2-13-21-28(27)31/h1-11,14-19,27-31H,12-13,20-23H2/b2-1-/t27-,28+,29-,30-,31?,33+/m0/s1. The molecule has 0 aliphatic heterocycles. The van der Waals surface area contributed by atoms with E-state index in [9.17, 15) is 16.8 Å². The minimum absolute atomic E-state index is 0.0306. The van der Waals surface area contributed by atoms with Crippen molar-refractivity contribution in [2.24, 2.45) is 29.1 Å². The van der Waals surface area contributed by atoms with Crippen LogP contribution in [0.3, 0.4) is 0 Å². The minimum atomic E-state index is -4.21. The summed E-state index contributed by atoms with van der Waals surface area (Å²) in [6, 6.07) is 26.9. The molecule has 3 aromatic carbocycles. The number of sulfone groups is 2. The summed E-state index contributed by atoms with van der Waals surface area (Å²) in [6.07, 6.45) is 9.17. The third-order valence-corrected chi connectivity index (χ3v) is 16.0. The second kappa shape index (κ2) is 8.90. The molecular weight excluding hydrogens is 524 g/mol. The van der Waals surface area contributed by atoms with Gasteiger partial charge in [-0.25, -0.2) is 16.8 Å². The highest BCUT2D eigenvalue weighted by molar-refractivity contribution is 8.10. The number of hydrogen-bond donors (Lipinski definition) is 0. The quantitative estimate of drug-likeness (QED) is 0.312. The second-order valence-electron chi connectivity index (χ2n) is 12.0. The van der Waals surface area contributed by atoms with E-state index in [1.54, 1.807) is 60.7 Å². The first-order valence-electron chi connectivity index (χ1n) is 14.1. The van der Waals surface area contributed by atoms with Gasteiger partial charge in [-0.15, -0.1) is 0 Å². The Morgan fingerprint density at radius 3 is 1.56 bits per heavy atom. The lowest BCUT2D eigenvalue weighted by Crippen LogP contribution is -2.46. The molecule has 0 aromatic heterocycles. The molecule has 6 atom stereocenters. The lowest BCUT2D eigenvalue weighted by Gasteiger charge is -2.34. The van der Waals surface area contributed by atoms with Gasteiger partial charge in [-0.2, -0.15) is 0 Å². The summed E-state index contributed by atoms with van der Waals surface area (Å²) >= 11 is 0. The summed E-state index contributed by atoms with van der Waals surface area (Å²) in [4.78, 5) is 0.200. The van der Waals surface area contributed by atoms with Gasteiger partial charge in [0.1, 0.15) is 0 Å². The number of benzene rings is 3. The van der Waals surface area contributed by atoms with E-state index in [-0.39, 0.29) is 39.9 Å². The van der Waals surface area contributed by atoms with Crippen molar-refractivity contribution in [2.75, 3.05) is 0 Å². The molecule has 1 unspecified atom stereocenters. The van der Waals surface area contributed by atoms with Crippen molar-refractivity contribution in [3.05, 3.63) is 109 Å². The van der Waals surface area contributed by atoms with E-state index in [0.29, 0.717) is 17.8 Å². The zero-order valence-corrected chi connectivity index (χ0v) is 23.5. The van der Waals surface area contributed by atoms with Crippen molar-refractivity contribution in [1.82, 2.24) is 0 Å². The maximum absolute atomic E-state index is 14.6. The van der Waals surface area contributed by atoms with Crippen LogP contribution in [0.15, 0.2) is 113 Å². The smallest absolute Gasteiger partial charge is 0.198 e. The SMILES string of the molecule is O=S(=O)(c1ccccc1)C1(S(=O)(=O)c2ccccc2)C[C@H]2[C@H](c3ccccc3)[C@@]2(C2[C@H]3CC/C=C\CC[C@@H]23)C1. The molecule has 0 spiro atoms. The zero-order valence-electron chi connectivity index (χ0n) is 21.9. The maximum atomic E-state index is 14.6. The largest absolute Gasteiger partial charge is 0.222 e. The Bertz CT molecular complexity index is 1530.